The standard InChI is InChI=1S/C38H35N3O3/c1-27-17-21-32(22-18-27)41-37(40(25-29-11-5-3-6-12-29)35-16-10-9-15-34(35)38(41)43)31-19-23-33(24-20-31)44-26-36(42)39-28(2)30-13-7-4-8-14-30/h3-24,28,37H,25-26H2,1-2H3,(H,39,42)/t28-,37+/m1/s1. The predicted octanol–water partition coefficient (Wildman–Crippen LogP) is 7.62. The van der Waals surface area contributed by atoms with Crippen molar-refractivity contribution in [2.24, 2.45) is 0 Å². The monoisotopic (exact) mass is 581 g/mol. The summed E-state index contributed by atoms with van der Waals surface area (Å²) in [6.45, 7) is 4.50. The first-order valence-corrected chi connectivity index (χ1v) is 14.8. The van der Waals surface area contributed by atoms with E-state index in [0.717, 1.165) is 33.6 Å². The third-order valence-electron chi connectivity index (χ3n) is 7.94. The number of para-hydroxylation sites is 1. The van der Waals surface area contributed by atoms with Crippen LogP contribution in [0.4, 0.5) is 11.4 Å². The smallest absolute Gasteiger partial charge is 0.262 e. The first-order chi connectivity index (χ1) is 21.5. The van der Waals surface area contributed by atoms with Crippen LogP contribution in [0.5, 0.6) is 5.75 Å². The van der Waals surface area contributed by atoms with Gasteiger partial charge in [0.05, 0.1) is 17.3 Å². The molecule has 1 N–H and O–H groups in total. The zero-order valence-electron chi connectivity index (χ0n) is 24.9. The second-order valence-electron chi connectivity index (χ2n) is 11.1. The molecule has 220 valence electrons. The highest BCUT2D eigenvalue weighted by atomic mass is 16.5. The summed E-state index contributed by atoms with van der Waals surface area (Å²) in [4.78, 5) is 30.9. The Morgan fingerprint density at radius 1 is 0.795 bits per heavy atom. The van der Waals surface area contributed by atoms with E-state index in [1.165, 1.54) is 0 Å². The van der Waals surface area contributed by atoms with Gasteiger partial charge in [0, 0.05) is 12.2 Å². The van der Waals surface area contributed by atoms with Crippen LogP contribution in [0.25, 0.3) is 0 Å². The normalized spacial score (nSPS) is 15.0. The van der Waals surface area contributed by atoms with E-state index in [0.29, 0.717) is 17.9 Å². The minimum absolute atomic E-state index is 0.0525. The molecule has 5 aromatic rings. The molecule has 1 heterocycles. The lowest BCUT2D eigenvalue weighted by atomic mass is 9.99. The molecule has 0 unspecified atom stereocenters. The van der Waals surface area contributed by atoms with Crippen molar-refractivity contribution in [3.63, 3.8) is 0 Å². The van der Waals surface area contributed by atoms with Gasteiger partial charge in [-0.15, -0.1) is 0 Å². The quantitative estimate of drug-likeness (QED) is 0.195. The van der Waals surface area contributed by atoms with Crippen molar-refractivity contribution < 1.29 is 14.3 Å². The molecule has 0 bridgehead atoms. The van der Waals surface area contributed by atoms with Gasteiger partial charge in [-0.2, -0.15) is 0 Å². The third-order valence-corrected chi connectivity index (χ3v) is 7.94. The van der Waals surface area contributed by atoms with Crippen molar-refractivity contribution in [1.82, 2.24) is 5.32 Å². The molecule has 2 atom stereocenters. The average Bonchev–Trinajstić information content (AvgIpc) is 3.06. The highest BCUT2D eigenvalue weighted by molar-refractivity contribution is 6.12. The van der Waals surface area contributed by atoms with Crippen molar-refractivity contribution >= 4 is 23.2 Å². The fourth-order valence-corrected chi connectivity index (χ4v) is 5.65. The zero-order valence-corrected chi connectivity index (χ0v) is 24.9. The molecule has 6 rings (SSSR count). The van der Waals surface area contributed by atoms with Crippen LogP contribution in [0.3, 0.4) is 0 Å². The van der Waals surface area contributed by atoms with Crippen LogP contribution in [-0.2, 0) is 11.3 Å². The second-order valence-corrected chi connectivity index (χ2v) is 11.1. The Bertz CT molecular complexity index is 1720. The molecule has 0 saturated heterocycles. The molecular formula is C38H35N3O3. The van der Waals surface area contributed by atoms with Crippen LogP contribution < -0.4 is 19.9 Å². The van der Waals surface area contributed by atoms with Gasteiger partial charge in [0.15, 0.2) is 6.61 Å². The maximum absolute atomic E-state index is 14.1. The molecule has 0 aliphatic carbocycles. The Kier molecular flexibility index (Phi) is 8.41. The molecular weight excluding hydrogens is 546 g/mol. The van der Waals surface area contributed by atoms with Gasteiger partial charge >= 0.3 is 0 Å². The van der Waals surface area contributed by atoms with E-state index in [1.807, 2.05) is 140 Å². The van der Waals surface area contributed by atoms with E-state index in [9.17, 15) is 9.59 Å². The number of aryl methyl sites for hydroxylation is 1. The van der Waals surface area contributed by atoms with Gasteiger partial charge in [-0.05, 0) is 66.9 Å². The molecule has 2 amide bonds. The maximum Gasteiger partial charge on any atom is 0.262 e. The molecule has 6 heteroatoms. The van der Waals surface area contributed by atoms with E-state index in [4.69, 9.17) is 4.74 Å². The van der Waals surface area contributed by atoms with Crippen molar-refractivity contribution in [1.29, 1.82) is 0 Å². The third kappa shape index (κ3) is 6.20. The number of fused-ring (bicyclic) bond motifs is 1. The molecule has 5 aromatic carbocycles. The van der Waals surface area contributed by atoms with Crippen LogP contribution in [0, 0.1) is 6.92 Å². The SMILES string of the molecule is Cc1ccc(N2C(=O)c3ccccc3N(Cc3ccccc3)[C@@H]2c2ccc(OCC(=O)N[C@H](C)c3ccccc3)cc2)cc1. The molecule has 0 aromatic heterocycles. The average molecular weight is 582 g/mol. The van der Waals surface area contributed by atoms with Gasteiger partial charge in [-0.25, -0.2) is 0 Å². The lowest BCUT2D eigenvalue weighted by Crippen LogP contribution is -2.49. The lowest BCUT2D eigenvalue weighted by molar-refractivity contribution is -0.123. The highest BCUT2D eigenvalue weighted by Gasteiger charge is 2.39. The summed E-state index contributed by atoms with van der Waals surface area (Å²) in [5.41, 5.74) is 6.60. The van der Waals surface area contributed by atoms with Crippen LogP contribution in [0.1, 0.15) is 51.7 Å². The Balaban J connectivity index is 1.29. The number of hydrogen-bond acceptors (Lipinski definition) is 4. The van der Waals surface area contributed by atoms with Gasteiger partial charge in [0.2, 0.25) is 0 Å². The number of rotatable bonds is 9. The Hall–Kier alpha value is -5.36. The summed E-state index contributed by atoms with van der Waals surface area (Å²) in [6, 6.07) is 43.5. The number of ether oxygens (including phenoxy) is 1. The van der Waals surface area contributed by atoms with Crippen LogP contribution in [-0.4, -0.2) is 18.4 Å². The topological polar surface area (TPSA) is 61.9 Å². The summed E-state index contributed by atoms with van der Waals surface area (Å²) in [5.74, 6) is 0.332. The zero-order chi connectivity index (χ0) is 30.5. The fraction of sp³-hybridized carbons (Fsp3) is 0.158. The number of anilines is 2. The van der Waals surface area contributed by atoms with Gasteiger partial charge < -0.3 is 15.0 Å². The summed E-state index contributed by atoms with van der Waals surface area (Å²) in [5, 5.41) is 2.99. The number of nitrogens with zero attached hydrogens (tertiary/aromatic N) is 2. The van der Waals surface area contributed by atoms with Crippen molar-refractivity contribution in [2.75, 3.05) is 16.4 Å². The highest BCUT2D eigenvalue weighted by Crippen LogP contribution is 2.42. The van der Waals surface area contributed by atoms with Gasteiger partial charge in [-0.1, -0.05) is 103 Å². The van der Waals surface area contributed by atoms with Gasteiger partial charge in [-0.3, -0.25) is 14.5 Å². The fourth-order valence-electron chi connectivity index (χ4n) is 5.65. The van der Waals surface area contributed by atoms with Crippen molar-refractivity contribution in [3.05, 3.63) is 161 Å². The maximum atomic E-state index is 14.1. The Morgan fingerprint density at radius 2 is 1.43 bits per heavy atom. The second kappa shape index (κ2) is 12.9. The number of nitrogens with one attached hydrogen (secondary N) is 1. The molecule has 0 saturated carbocycles. The Morgan fingerprint density at radius 3 is 2.14 bits per heavy atom. The first-order valence-electron chi connectivity index (χ1n) is 14.8. The minimum atomic E-state index is -0.413. The molecule has 6 nitrogen and oxygen atoms in total. The van der Waals surface area contributed by atoms with Gasteiger partial charge in [0.25, 0.3) is 11.8 Å². The van der Waals surface area contributed by atoms with Gasteiger partial charge in [0.1, 0.15) is 11.9 Å². The number of amides is 2. The van der Waals surface area contributed by atoms with Crippen LogP contribution in [0.2, 0.25) is 0 Å². The summed E-state index contributed by atoms with van der Waals surface area (Å²) < 4.78 is 5.87. The van der Waals surface area contributed by atoms with E-state index in [1.54, 1.807) is 0 Å². The van der Waals surface area contributed by atoms with E-state index < -0.39 is 6.17 Å². The first kappa shape index (κ1) is 28.7. The molecule has 0 fully saturated rings. The largest absolute Gasteiger partial charge is 0.484 e. The molecule has 44 heavy (non-hydrogen) atoms. The summed E-state index contributed by atoms with van der Waals surface area (Å²) in [7, 11) is 0. The molecule has 1 aliphatic rings. The molecule has 0 radical (unpaired) electrons. The number of carbonyl (C=O) groups is 2. The van der Waals surface area contributed by atoms with E-state index >= 15 is 0 Å². The molecule has 1 aliphatic heterocycles. The van der Waals surface area contributed by atoms with Crippen LogP contribution >= 0.6 is 0 Å². The predicted molar refractivity (Wildman–Crippen MR) is 175 cm³/mol. The van der Waals surface area contributed by atoms with Crippen molar-refractivity contribution in [2.45, 2.75) is 32.6 Å². The van der Waals surface area contributed by atoms with E-state index in [-0.39, 0.29) is 24.5 Å². The summed E-state index contributed by atoms with van der Waals surface area (Å²) in [6.07, 6.45) is -0.413. The number of benzene rings is 5. The summed E-state index contributed by atoms with van der Waals surface area (Å²) >= 11 is 0. The number of carbonyl (C=O) groups excluding carboxylic acids is 2. The minimum Gasteiger partial charge on any atom is -0.484 e. The number of hydrogen-bond donors (Lipinski definition) is 1. The molecule has 0 spiro atoms. The Labute approximate surface area is 258 Å². The van der Waals surface area contributed by atoms with Crippen molar-refractivity contribution in [3.8, 4) is 5.75 Å². The van der Waals surface area contributed by atoms with Crippen LogP contribution in [0.15, 0.2) is 133 Å². The van der Waals surface area contributed by atoms with E-state index in [2.05, 4.69) is 22.3 Å². The lowest BCUT2D eigenvalue weighted by Gasteiger charge is -2.46.